The number of rotatable bonds is 3. The lowest BCUT2D eigenvalue weighted by molar-refractivity contribution is 0.204. The molecule has 0 amide bonds. The summed E-state index contributed by atoms with van der Waals surface area (Å²) in [7, 11) is -2.77. The van der Waals surface area contributed by atoms with E-state index in [1.165, 1.54) is 0 Å². The maximum absolute atomic E-state index is 11.3. The first kappa shape index (κ1) is 12.3. The molecule has 1 saturated heterocycles. The molecule has 0 bridgehead atoms. The van der Waals surface area contributed by atoms with Crippen molar-refractivity contribution in [1.82, 2.24) is 4.90 Å². The van der Waals surface area contributed by atoms with Crippen LogP contribution in [0.15, 0.2) is 0 Å². The molecule has 1 aliphatic rings. The molecule has 1 rings (SSSR count). The first-order valence-electron chi connectivity index (χ1n) is 5.00. The zero-order chi connectivity index (χ0) is 10.8. The summed E-state index contributed by atoms with van der Waals surface area (Å²) in [5.74, 6) is 2.01. The number of sulfone groups is 1. The molecule has 1 fully saturated rings. The predicted octanol–water partition coefficient (Wildman–Crippen LogP) is 0.671. The van der Waals surface area contributed by atoms with Crippen molar-refractivity contribution < 1.29 is 8.42 Å². The van der Waals surface area contributed by atoms with E-state index in [-0.39, 0.29) is 6.04 Å². The van der Waals surface area contributed by atoms with Gasteiger partial charge >= 0.3 is 0 Å². The van der Waals surface area contributed by atoms with Gasteiger partial charge in [-0.25, -0.2) is 8.42 Å². The zero-order valence-electron chi connectivity index (χ0n) is 8.81. The molecule has 1 aliphatic heterocycles. The average molecular weight is 237 g/mol. The van der Waals surface area contributed by atoms with Crippen LogP contribution in [0.1, 0.15) is 13.8 Å². The van der Waals surface area contributed by atoms with Crippen LogP contribution >= 0.6 is 12.6 Å². The second kappa shape index (κ2) is 4.86. The van der Waals surface area contributed by atoms with Crippen LogP contribution < -0.4 is 0 Å². The molecule has 2 unspecified atom stereocenters. The van der Waals surface area contributed by atoms with Gasteiger partial charge in [0.25, 0.3) is 0 Å². The van der Waals surface area contributed by atoms with Crippen molar-refractivity contribution >= 4 is 22.5 Å². The highest BCUT2D eigenvalue weighted by Gasteiger charge is 2.28. The van der Waals surface area contributed by atoms with Crippen LogP contribution in [-0.2, 0) is 9.84 Å². The summed E-state index contributed by atoms with van der Waals surface area (Å²) in [5, 5.41) is 0. The first-order chi connectivity index (χ1) is 6.44. The molecule has 0 saturated carbocycles. The molecule has 3 nitrogen and oxygen atoms in total. The minimum Gasteiger partial charge on any atom is -0.298 e. The highest BCUT2D eigenvalue weighted by Crippen LogP contribution is 2.13. The van der Waals surface area contributed by atoms with E-state index < -0.39 is 9.84 Å². The van der Waals surface area contributed by atoms with Crippen LogP contribution in [0.3, 0.4) is 0 Å². The lowest BCUT2D eigenvalue weighted by Crippen LogP contribution is -2.48. The molecule has 84 valence electrons. The Kier molecular flexibility index (Phi) is 4.28. The van der Waals surface area contributed by atoms with Gasteiger partial charge in [0.1, 0.15) is 0 Å². The molecular weight excluding hydrogens is 218 g/mol. The Morgan fingerprint density at radius 2 is 2.21 bits per heavy atom. The Hall–Kier alpha value is 0.260. The molecule has 2 atom stereocenters. The predicted molar refractivity (Wildman–Crippen MR) is 62.7 cm³/mol. The fraction of sp³-hybridized carbons (Fsp3) is 1.00. The average Bonchev–Trinajstić information content (AvgIpc) is 2.09. The Morgan fingerprint density at radius 1 is 1.57 bits per heavy atom. The van der Waals surface area contributed by atoms with E-state index in [9.17, 15) is 8.42 Å². The zero-order valence-corrected chi connectivity index (χ0v) is 10.5. The number of hydrogen-bond donors (Lipinski definition) is 1. The van der Waals surface area contributed by atoms with E-state index in [1.807, 2.05) is 6.92 Å². The molecule has 0 aromatic carbocycles. The molecule has 0 radical (unpaired) electrons. The van der Waals surface area contributed by atoms with Crippen molar-refractivity contribution in [1.29, 1.82) is 0 Å². The first-order valence-corrected chi connectivity index (χ1v) is 7.45. The largest absolute Gasteiger partial charge is 0.298 e. The Labute approximate surface area is 92.2 Å². The molecule has 0 N–H and O–H groups in total. The van der Waals surface area contributed by atoms with Gasteiger partial charge in [0.15, 0.2) is 9.84 Å². The van der Waals surface area contributed by atoms with Crippen LogP contribution in [0, 0.1) is 5.92 Å². The van der Waals surface area contributed by atoms with Crippen molar-refractivity contribution in [2.75, 3.05) is 30.3 Å². The fourth-order valence-electron chi connectivity index (χ4n) is 1.76. The van der Waals surface area contributed by atoms with E-state index in [2.05, 4.69) is 24.5 Å². The van der Waals surface area contributed by atoms with Crippen molar-refractivity contribution in [2.24, 2.45) is 5.92 Å². The molecule has 0 aromatic heterocycles. The summed E-state index contributed by atoms with van der Waals surface area (Å²) in [5.41, 5.74) is 0. The fourth-order valence-corrected chi connectivity index (χ4v) is 3.50. The topological polar surface area (TPSA) is 37.4 Å². The van der Waals surface area contributed by atoms with E-state index in [0.29, 0.717) is 24.0 Å². The second-order valence-corrected chi connectivity index (χ2v) is 6.84. The van der Waals surface area contributed by atoms with Gasteiger partial charge in [-0.05, 0) is 18.6 Å². The Balaban J connectivity index is 2.50. The van der Waals surface area contributed by atoms with E-state index in [0.717, 1.165) is 12.3 Å². The van der Waals surface area contributed by atoms with Crippen molar-refractivity contribution in [3.05, 3.63) is 0 Å². The second-order valence-electron chi connectivity index (χ2n) is 4.25. The third kappa shape index (κ3) is 3.44. The molecule has 5 heteroatoms. The van der Waals surface area contributed by atoms with E-state index in [1.54, 1.807) is 0 Å². The maximum Gasteiger partial charge on any atom is 0.153 e. The quantitative estimate of drug-likeness (QED) is 0.733. The molecule has 14 heavy (non-hydrogen) atoms. The Morgan fingerprint density at radius 3 is 2.71 bits per heavy atom. The lowest BCUT2D eigenvalue weighted by atomic mass is 10.2. The van der Waals surface area contributed by atoms with Crippen LogP contribution in [0.2, 0.25) is 0 Å². The summed E-state index contributed by atoms with van der Waals surface area (Å²) < 4.78 is 22.6. The number of thiol groups is 1. The van der Waals surface area contributed by atoms with Gasteiger partial charge in [-0.2, -0.15) is 12.6 Å². The van der Waals surface area contributed by atoms with Gasteiger partial charge in [-0.3, -0.25) is 4.90 Å². The van der Waals surface area contributed by atoms with Gasteiger partial charge < -0.3 is 0 Å². The molecule has 0 aliphatic carbocycles. The van der Waals surface area contributed by atoms with E-state index >= 15 is 0 Å². The summed E-state index contributed by atoms with van der Waals surface area (Å²) in [6, 6.07) is 0.163. The normalized spacial score (nSPS) is 30.1. The Bertz CT molecular complexity index is 277. The minimum atomic E-state index is -2.77. The third-order valence-electron chi connectivity index (χ3n) is 2.67. The molecular formula is C9H19NO2S2. The lowest BCUT2D eigenvalue weighted by Gasteiger charge is -2.34. The van der Waals surface area contributed by atoms with Gasteiger partial charge in [0.2, 0.25) is 0 Å². The highest BCUT2D eigenvalue weighted by atomic mass is 32.2. The number of hydrogen-bond acceptors (Lipinski definition) is 4. The van der Waals surface area contributed by atoms with Crippen LogP contribution in [0.4, 0.5) is 0 Å². The maximum atomic E-state index is 11.3. The standard InChI is InChI=1S/C9H19NO2S2/c1-8(6-13)5-10-3-4-14(11,12)7-9(10)2/h8-9,13H,3-7H2,1-2H3. The number of nitrogens with zero attached hydrogens (tertiary/aromatic N) is 1. The minimum absolute atomic E-state index is 0.163. The van der Waals surface area contributed by atoms with Crippen LogP contribution in [0.5, 0.6) is 0 Å². The highest BCUT2D eigenvalue weighted by molar-refractivity contribution is 7.91. The van der Waals surface area contributed by atoms with Crippen molar-refractivity contribution in [3.63, 3.8) is 0 Å². The van der Waals surface area contributed by atoms with E-state index in [4.69, 9.17) is 0 Å². The third-order valence-corrected chi connectivity index (χ3v) is 5.08. The van der Waals surface area contributed by atoms with Gasteiger partial charge in [-0.1, -0.05) is 6.92 Å². The SMILES string of the molecule is CC(CS)CN1CCS(=O)(=O)CC1C. The summed E-state index contributed by atoms with van der Waals surface area (Å²) in [6.07, 6.45) is 0. The van der Waals surface area contributed by atoms with Crippen LogP contribution in [0.25, 0.3) is 0 Å². The molecule has 1 heterocycles. The smallest absolute Gasteiger partial charge is 0.153 e. The van der Waals surface area contributed by atoms with Crippen molar-refractivity contribution in [2.45, 2.75) is 19.9 Å². The summed E-state index contributed by atoms with van der Waals surface area (Å²) in [6.45, 7) is 5.77. The molecule has 0 spiro atoms. The molecule has 0 aromatic rings. The summed E-state index contributed by atoms with van der Waals surface area (Å²) in [4.78, 5) is 2.25. The van der Waals surface area contributed by atoms with Gasteiger partial charge in [-0.15, -0.1) is 0 Å². The van der Waals surface area contributed by atoms with Gasteiger partial charge in [0.05, 0.1) is 11.5 Å². The monoisotopic (exact) mass is 237 g/mol. The van der Waals surface area contributed by atoms with Crippen molar-refractivity contribution in [3.8, 4) is 0 Å². The van der Waals surface area contributed by atoms with Gasteiger partial charge in [0, 0.05) is 19.1 Å². The summed E-state index contributed by atoms with van der Waals surface area (Å²) >= 11 is 4.23. The van der Waals surface area contributed by atoms with Crippen LogP contribution in [-0.4, -0.2) is 49.7 Å².